The Balaban J connectivity index is 0. The van der Waals surface area contributed by atoms with Gasteiger partial charge in [0.2, 0.25) is 0 Å². The summed E-state index contributed by atoms with van der Waals surface area (Å²) in [5, 5.41) is 3.15. The van der Waals surface area contributed by atoms with Crippen LogP contribution < -0.4 is 0 Å². The van der Waals surface area contributed by atoms with E-state index in [2.05, 4.69) is 52.7 Å². The monoisotopic (exact) mass is 376 g/mol. The summed E-state index contributed by atoms with van der Waals surface area (Å²) in [6.07, 6.45) is 0.992. The Hall–Kier alpha value is 1.27. The first-order chi connectivity index (χ1) is 8.94. The van der Waals surface area contributed by atoms with Crippen LogP contribution in [0.4, 0.5) is 0 Å². The minimum atomic E-state index is -2.62. The molecule has 0 saturated carbocycles. The SMILES string of the molecule is CC(C)(C)SSC#CCCSSC(C)(C)C.OP(O)O. The highest BCUT2D eigenvalue weighted by atomic mass is 33.1. The van der Waals surface area contributed by atoms with Crippen LogP contribution in [0.15, 0.2) is 0 Å². The molecule has 0 radical (unpaired) electrons. The van der Waals surface area contributed by atoms with Crippen LogP contribution in [0.2, 0.25) is 0 Å². The van der Waals surface area contributed by atoms with Crippen LogP contribution in [0.25, 0.3) is 0 Å². The number of hydrogen-bond donors (Lipinski definition) is 3. The van der Waals surface area contributed by atoms with Gasteiger partial charge in [0.15, 0.2) is 0 Å². The van der Waals surface area contributed by atoms with E-state index < -0.39 is 8.60 Å². The third kappa shape index (κ3) is 31.6. The van der Waals surface area contributed by atoms with Gasteiger partial charge in [0, 0.05) is 21.7 Å². The third-order valence-electron chi connectivity index (χ3n) is 1.02. The van der Waals surface area contributed by atoms with Gasteiger partial charge >= 0.3 is 8.60 Å². The van der Waals surface area contributed by atoms with Crippen LogP contribution in [0.1, 0.15) is 48.0 Å². The summed E-state index contributed by atoms with van der Waals surface area (Å²) in [5.74, 6) is 4.32. The summed E-state index contributed by atoms with van der Waals surface area (Å²) in [7, 11) is 4.74. The van der Waals surface area contributed by atoms with Crippen LogP contribution in [-0.4, -0.2) is 29.9 Å². The summed E-state index contributed by atoms with van der Waals surface area (Å²) >= 11 is 0. The number of hydrogen-bond acceptors (Lipinski definition) is 7. The van der Waals surface area contributed by atoms with Gasteiger partial charge in [-0.3, -0.25) is 0 Å². The van der Waals surface area contributed by atoms with Crippen molar-refractivity contribution >= 4 is 51.8 Å². The predicted octanol–water partition coefficient (Wildman–Crippen LogP) is 4.89. The van der Waals surface area contributed by atoms with E-state index in [-0.39, 0.29) is 0 Å². The molecule has 0 heterocycles. The zero-order valence-corrected chi connectivity index (χ0v) is 17.0. The van der Waals surface area contributed by atoms with E-state index in [0.717, 1.165) is 12.2 Å². The van der Waals surface area contributed by atoms with Crippen molar-refractivity contribution in [3.8, 4) is 11.2 Å². The lowest BCUT2D eigenvalue weighted by molar-refractivity contribution is 0.368. The first kappa shape index (κ1) is 23.5. The molecule has 0 aromatic heterocycles. The van der Waals surface area contributed by atoms with E-state index in [1.807, 2.05) is 32.4 Å². The molecule has 120 valence electrons. The summed E-state index contributed by atoms with van der Waals surface area (Å²) in [5.41, 5.74) is 0. The second-order valence-corrected chi connectivity index (χ2v) is 12.1. The second-order valence-electron chi connectivity index (χ2n) is 5.59. The van der Waals surface area contributed by atoms with Gasteiger partial charge in [-0.2, -0.15) is 0 Å². The molecule has 8 heteroatoms. The van der Waals surface area contributed by atoms with Gasteiger partial charge in [-0.25, -0.2) is 0 Å². The highest BCUT2D eigenvalue weighted by molar-refractivity contribution is 8.79. The molecular formula is C12H25O3PS4. The Kier molecular flexibility index (Phi) is 15.0. The van der Waals surface area contributed by atoms with Crippen molar-refractivity contribution in [2.24, 2.45) is 0 Å². The molecule has 0 saturated heterocycles. The van der Waals surface area contributed by atoms with Gasteiger partial charge in [-0.15, -0.1) is 0 Å². The Morgan fingerprint density at radius 2 is 1.35 bits per heavy atom. The van der Waals surface area contributed by atoms with Crippen LogP contribution in [-0.2, 0) is 0 Å². The van der Waals surface area contributed by atoms with Crippen LogP contribution in [0, 0.1) is 11.2 Å². The van der Waals surface area contributed by atoms with E-state index in [1.165, 1.54) is 0 Å². The molecule has 0 unspecified atom stereocenters. The molecule has 0 bridgehead atoms. The lowest BCUT2D eigenvalue weighted by Crippen LogP contribution is -2.04. The smallest absolute Gasteiger partial charge is 0.324 e. The van der Waals surface area contributed by atoms with Gasteiger partial charge in [0.1, 0.15) is 0 Å². The molecule has 20 heavy (non-hydrogen) atoms. The lowest BCUT2D eigenvalue weighted by Gasteiger charge is -2.15. The molecule has 3 N–H and O–H groups in total. The topological polar surface area (TPSA) is 60.7 Å². The average Bonchev–Trinajstić information content (AvgIpc) is 2.18. The summed E-state index contributed by atoms with van der Waals surface area (Å²) in [6.45, 7) is 13.4. The molecule has 0 aromatic carbocycles. The van der Waals surface area contributed by atoms with E-state index in [0.29, 0.717) is 9.49 Å². The molecule has 0 rings (SSSR count). The largest absolute Gasteiger partial charge is 0.328 e. The standard InChI is InChI=1S/C12H22S4.H3O3P/c1-11(2,3)15-13-9-7-8-10-14-16-12(4,5)6;1-4(2)3/h7,9H2,1-6H3;1-3H. The average molecular weight is 377 g/mol. The van der Waals surface area contributed by atoms with E-state index in [1.54, 1.807) is 10.8 Å². The summed E-state index contributed by atoms with van der Waals surface area (Å²) < 4.78 is 0.658. The van der Waals surface area contributed by atoms with Gasteiger partial charge in [-0.1, -0.05) is 79.8 Å². The van der Waals surface area contributed by atoms with Crippen molar-refractivity contribution in [3.05, 3.63) is 0 Å². The molecule has 0 spiro atoms. The fraction of sp³-hybridized carbons (Fsp3) is 0.833. The van der Waals surface area contributed by atoms with Crippen molar-refractivity contribution in [2.75, 3.05) is 5.75 Å². The zero-order chi connectivity index (χ0) is 16.2. The Labute approximate surface area is 140 Å². The van der Waals surface area contributed by atoms with E-state index >= 15 is 0 Å². The molecule has 0 fully saturated rings. The minimum absolute atomic E-state index is 0.302. The molecule has 0 amide bonds. The Morgan fingerprint density at radius 1 is 0.900 bits per heavy atom. The van der Waals surface area contributed by atoms with E-state index in [9.17, 15) is 0 Å². The maximum Gasteiger partial charge on any atom is 0.324 e. The maximum absolute atomic E-state index is 7.23. The van der Waals surface area contributed by atoms with Gasteiger partial charge in [0.25, 0.3) is 0 Å². The third-order valence-corrected chi connectivity index (χ3v) is 7.18. The first-order valence-electron chi connectivity index (χ1n) is 5.94. The molecular weight excluding hydrogens is 351 g/mol. The Morgan fingerprint density at radius 3 is 1.75 bits per heavy atom. The Bertz CT molecular complexity index is 287. The fourth-order valence-electron chi connectivity index (χ4n) is 0.537. The quantitative estimate of drug-likeness (QED) is 0.279. The first-order valence-corrected chi connectivity index (χ1v) is 11.6. The van der Waals surface area contributed by atoms with Gasteiger partial charge < -0.3 is 14.7 Å². The molecule has 0 aliphatic carbocycles. The predicted molar refractivity (Wildman–Crippen MR) is 101 cm³/mol. The molecule has 3 nitrogen and oxygen atoms in total. The van der Waals surface area contributed by atoms with Crippen LogP contribution in [0.5, 0.6) is 0 Å². The van der Waals surface area contributed by atoms with Crippen molar-refractivity contribution in [1.29, 1.82) is 0 Å². The zero-order valence-electron chi connectivity index (χ0n) is 12.8. The van der Waals surface area contributed by atoms with Crippen LogP contribution >= 0.6 is 51.8 Å². The van der Waals surface area contributed by atoms with Crippen LogP contribution in [0.3, 0.4) is 0 Å². The molecule has 0 aliphatic heterocycles. The summed E-state index contributed by atoms with van der Waals surface area (Å²) in [6, 6.07) is 0. The molecule has 0 atom stereocenters. The fourth-order valence-corrected chi connectivity index (χ4v) is 4.22. The second kappa shape index (κ2) is 12.8. The normalized spacial score (nSPS) is 11.5. The van der Waals surface area contributed by atoms with Gasteiger partial charge in [0.05, 0.1) is 0 Å². The van der Waals surface area contributed by atoms with Crippen molar-refractivity contribution in [3.63, 3.8) is 0 Å². The van der Waals surface area contributed by atoms with E-state index in [4.69, 9.17) is 14.7 Å². The lowest BCUT2D eigenvalue weighted by atomic mass is 10.3. The minimum Gasteiger partial charge on any atom is -0.328 e. The number of rotatable bonds is 4. The highest BCUT2D eigenvalue weighted by Gasteiger charge is 2.10. The summed E-state index contributed by atoms with van der Waals surface area (Å²) in [4.78, 5) is 21.7. The molecule has 0 aromatic rings. The van der Waals surface area contributed by atoms with Crippen molar-refractivity contribution in [2.45, 2.75) is 57.5 Å². The molecule has 0 aliphatic rings. The van der Waals surface area contributed by atoms with Crippen molar-refractivity contribution < 1.29 is 14.7 Å². The maximum atomic E-state index is 7.23. The van der Waals surface area contributed by atoms with Crippen molar-refractivity contribution in [1.82, 2.24) is 0 Å². The highest BCUT2D eigenvalue weighted by Crippen LogP contribution is 2.35. The van der Waals surface area contributed by atoms with Gasteiger partial charge in [-0.05, 0) is 16.0 Å².